The van der Waals surface area contributed by atoms with Crippen LogP contribution < -0.4 is 0 Å². The van der Waals surface area contributed by atoms with Gasteiger partial charge in [-0.05, 0) is 19.1 Å². The molecule has 102 valence electrons. The van der Waals surface area contributed by atoms with Gasteiger partial charge in [-0.25, -0.2) is 9.18 Å². The van der Waals surface area contributed by atoms with E-state index >= 15 is 0 Å². The number of rotatable bonds is 2. The van der Waals surface area contributed by atoms with E-state index in [-0.39, 0.29) is 12.1 Å². The largest absolute Gasteiger partial charge is 0.461 e. The highest BCUT2D eigenvalue weighted by molar-refractivity contribution is 5.96. The molecular formula is C12H9F4NO2. The van der Waals surface area contributed by atoms with E-state index in [0.717, 1.165) is 12.1 Å². The maximum Gasteiger partial charge on any atom is 0.417 e. The standard InChI is InChI=1S/C12H9F4NO2/c1-2-19-11(18)10-9(13)8-6(12(14,15)16)4-3-5-7(8)17-10/h3-5,17H,2H2,1H3. The Balaban J connectivity index is 2.68. The number of H-pyrrole nitrogens is 1. The lowest BCUT2D eigenvalue weighted by Crippen LogP contribution is -2.08. The van der Waals surface area contributed by atoms with Gasteiger partial charge in [-0.3, -0.25) is 0 Å². The van der Waals surface area contributed by atoms with Crippen LogP contribution >= 0.6 is 0 Å². The van der Waals surface area contributed by atoms with Crippen LogP contribution in [0.15, 0.2) is 18.2 Å². The molecule has 1 aromatic carbocycles. The van der Waals surface area contributed by atoms with Gasteiger partial charge in [0.1, 0.15) is 0 Å². The van der Waals surface area contributed by atoms with Crippen molar-refractivity contribution in [3.63, 3.8) is 0 Å². The first-order valence-corrected chi connectivity index (χ1v) is 5.40. The first-order chi connectivity index (χ1) is 8.86. The number of esters is 1. The highest BCUT2D eigenvalue weighted by atomic mass is 19.4. The number of aromatic amines is 1. The maximum absolute atomic E-state index is 14.0. The second-order valence-corrected chi connectivity index (χ2v) is 3.76. The summed E-state index contributed by atoms with van der Waals surface area (Å²) in [6, 6.07) is 3.15. The van der Waals surface area contributed by atoms with Gasteiger partial charge in [0.25, 0.3) is 0 Å². The zero-order valence-corrected chi connectivity index (χ0v) is 9.77. The van der Waals surface area contributed by atoms with Crippen molar-refractivity contribution in [3.8, 4) is 0 Å². The van der Waals surface area contributed by atoms with Gasteiger partial charge in [-0.15, -0.1) is 0 Å². The van der Waals surface area contributed by atoms with Crippen molar-refractivity contribution in [2.75, 3.05) is 6.61 Å². The van der Waals surface area contributed by atoms with Crippen LogP contribution in [0.2, 0.25) is 0 Å². The average Bonchev–Trinajstić information content (AvgIpc) is 2.66. The molecule has 1 N–H and O–H groups in total. The molecule has 0 aliphatic carbocycles. The second kappa shape index (κ2) is 4.56. The van der Waals surface area contributed by atoms with E-state index in [1.807, 2.05) is 0 Å². The Morgan fingerprint density at radius 1 is 1.37 bits per heavy atom. The van der Waals surface area contributed by atoms with E-state index in [1.54, 1.807) is 0 Å². The lowest BCUT2D eigenvalue weighted by molar-refractivity contribution is -0.136. The molecule has 0 saturated carbocycles. The smallest absolute Gasteiger partial charge is 0.417 e. The summed E-state index contributed by atoms with van der Waals surface area (Å²) in [5, 5.41) is -0.655. The number of nitrogens with one attached hydrogen (secondary N) is 1. The predicted octanol–water partition coefficient (Wildman–Crippen LogP) is 3.50. The van der Waals surface area contributed by atoms with Crippen molar-refractivity contribution in [2.24, 2.45) is 0 Å². The Morgan fingerprint density at radius 3 is 2.63 bits per heavy atom. The van der Waals surface area contributed by atoms with Crippen LogP contribution in [0.25, 0.3) is 10.9 Å². The molecule has 0 unspecified atom stereocenters. The fraction of sp³-hybridized carbons (Fsp3) is 0.250. The van der Waals surface area contributed by atoms with Crippen LogP contribution in [-0.2, 0) is 10.9 Å². The summed E-state index contributed by atoms with van der Waals surface area (Å²) in [4.78, 5) is 13.7. The average molecular weight is 275 g/mol. The third-order valence-corrected chi connectivity index (χ3v) is 2.55. The summed E-state index contributed by atoms with van der Waals surface area (Å²) in [6.07, 6.45) is -4.70. The third kappa shape index (κ3) is 2.27. The molecule has 0 saturated heterocycles. The van der Waals surface area contributed by atoms with E-state index in [4.69, 9.17) is 0 Å². The third-order valence-electron chi connectivity index (χ3n) is 2.55. The van der Waals surface area contributed by atoms with E-state index < -0.39 is 34.6 Å². The molecule has 7 heteroatoms. The number of fused-ring (bicyclic) bond motifs is 1. The van der Waals surface area contributed by atoms with Crippen molar-refractivity contribution in [1.29, 1.82) is 0 Å². The number of alkyl halides is 3. The van der Waals surface area contributed by atoms with Crippen LogP contribution in [0, 0.1) is 5.82 Å². The van der Waals surface area contributed by atoms with E-state index in [9.17, 15) is 22.4 Å². The SMILES string of the molecule is CCOC(=O)c1[nH]c2cccc(C(F)(F)F)c2c1F. The molecule has 0 radical (unpaired) electrons. The van der Waals surface area contributed by atoms with Crippen LogP contribution in [0.4, 0.5) is 17.6 Å². The van der Waals surface area contributed by atoms with Crippen LogP contribution in [0.3, 0.4) is 0 Å². The number of hydrogen-bond acceptors (Lipinski definition) is 2. The highest BCUT2D eigenvalue weighted by Crippen LogP contribution is 2.36. The topological polar surface area (TPSA) is 42.1 Å². The Morgan fingerprint density at radius 2 is 2.05 bits per heavy atom. The first-order valence-electron chi connectivity index (χ1n) is 5.40. The maximum atomic E-state index is 14.0. The van der Waals surface area contributed by atoms with Gasteiger partial charge in [-0.1, -0.05) is 6.07 Å². The molecule has 19 heavy (non-hydrogen) atoms. The molecule has 0 fully saturated rings. The van der Waals surface area contributed by atoms with Crippen LogP contribution in [-0.4, -0.2) is 17.6 Å². The van der Waals surface area contributed by atoms with Crippen LogP contribution in [0.5, 0.6) is 0 Å². The van der Waals surface area contributed by atoms with E-state index in [2.05, 4.69) is 9.72 Å². The van der Waals surface area contributed by atoms with E-state index in [0.29, 0.717) is 0 Å². The monoisotopic (exact) mass is 275 g/mol. The molecule has 0 atom stereocenters. The summed E-state index contributed by atoms with van der Waals surface area (Å²) in [7, 11) is 0. The van der Waals surface area contributed by atoms with Gasteiger partial charge in [0.15, 0.2) is 11.5 Å². The molecule has 1 aromatic heterocycles. The zero-order chi connectivity index (χ0) is 14.2. The minimum absolute atomic E-state index is 0.000232. The number of carbonyl (C=O) groups excluding carboxylic acids is 1. The Kier molecular flexibility index (Phi) is 3.21. The number of hydrogen-bond donors (Lipinski definition) is 1. The number of carbonyl (C=O) groups is 1. The molecule has 0 amide bonds. The van der Waals surface area contributed by atoms with Gasteiger partial charge in [0, 0.05) is 10.9 Å². The number of aromatic nitrogens is 1. The highest BCUT2D eigenvalue weighted by Gasteiger charge is 2.35. The van der Waals surface area contributed by atoms with E-state index in [1.165, 1.54) is 13.0 Å². The lowest BCUT2D eigenvalue weighted by atomic mass is 10.1. The van der Waals surface area contributed by atoms with Gasteiger partial charge < -0.3 is 9.72 Å². The Labute approximate surface area is 105 Å². The van der Waals surface area contributed by atoms with Crippen LogP contribution in [0.1, 0.15) is 23.0 Å². The molecular weight excluding hydrogens is 266 g/mol. The molecule has 0 aliphatic rings. The molecule has 2 rings (SSSR count). The van der Waals surface area contributed by atoms with Crippen molar-refractivity contribution in [2.45, 2.75) is 13.1 Å². The summed E-state index contributed by atoms with van der Waals surface area (Å²) in [6.45, 7) is 1.51. The minimum atomic E-state index is -4.70. The summed E-state index contributed by atoms with van der Waals surface area (Å²) >= 11 is 0. The Hall–Kier alpha value is -2.05. The van der Waals surface area contributed by atoms with Gasteiger partial charge in [0.2, 0.25) is 0 Å². The first kappa shape index (κ1) is 13.4. The van der Waals surface area contributed by atoms with Gasteiger partial charge in [-0.2, -0.15) is 13.2 Å². The summed E-state index contributed by atoms with van der Waals surface area (Å²) in [5.41, 5.74) is -1.83. The molecule has 2 aromatic rings. The molecule has 0 aliphatic heterocycles. The fourth-order valence-corrected chi connectivity index (χ4v) is 1.79. The van der Waals surface area contributed by atoms with Crippen molar-refractivity contribution in [1.82, 2.24) is 4.98 Å². The summed E-state index contributed by atoms with van der Waals surface area (Å²) < 4.78 is 56.8. The van der Waals surface area contributed by atoms with Crippen molar-refractivity contribution in [3.05, 3.63) is 35.3 Å². The zero-order valence-electron chi connectivity index (χ0n) is 9.77. The number of benzene rings is 1. The molecule has 0 spiro atoms. The van der Waals surface area contributed by atoms with Gasteiger partial charge in [0.05, 0.1) is 12.2 Å². The lowest BCUT2D eigenvalue weighted by Gasteiger charge is -2.07. The van der Waals surface area contributed by atoms with Crippen molar-refractivity contribution >= 4 is 16.9 Å². The van der Waals surface area contributed by atoms with Gasteiger partial charge >= 0.3 is 12.1 Å². The quantitative estimate of drug-likeness (QED) is 0.673. The fourth-order valence-electron chi connectivity index (χ4n) is 1.79. The second-order valence-electron chi connectivity index (χ2n) is 3.76. The molecule has 0 bridgehead atoms. The Bertz CT molecular complexity index is 630. The van der Waals surface area contributed by atoms with Crippen molar-refractivity contribution < 1.29 is 27.1 Å². The molecule has 1 heterocycles. The minimum Gasteiger partial charge on any atom is -0.461 e. The predicted molar refractivity (Wildman–Crippen MR) is 59.2 cm³/mol. The number of halogens is 4. The molecule has 3 nitrogen and oxygen atoms in total. The number of ether oxygens (including phenoxy) is 1. The normalized spacial score (nSPS) is 11.8. The summed E-state index contributed by atoms with van der Waals surface area (Å²) in [5.74, 6) is -2.27.